The lowest BCUT2D eigenvalue weighted by Gasteiger charge is -2.36. The van der Waals surface area contributed by atoms with Gasteiger partial charge in [0, 0.05) is 37.2 Å². The Morgan fingerprint density at radius 2 is 1.90 bits per heavy atom. The quantitative estimate of drug-likeness (QED) is 0.730. The number of hydrogen-bond acceptors (Lipinski definition) is 4. The third kappa shape index (κ3) is 4.92. The highest BCUT2D eigenvalue weighted by Crippen LogP contribution is 2.47. The second-order valence-electron chi connectivity index (χ2n) is 7.86. The molecule has 1 heterocycles. The molecule has 2 aromatic rings. The van der Waals surface area contributed by atoms with Crippen LogP contribution in [-0.2, 0) is 10.2 Å². The molecule has 0 aromatic heterocycles. The topological polar surface area (TPSA) is 53.6 Å². The van der Waals surface area contributed by atoms with E-state index in [-0.39, 0.29) is 29.8 Å². The van der Waals surface area contributed by atoms with Crippen LogP contribution in [0.3, 0.4) is 0 Å². The van der Waals surface area contributed by atoms with E-state index in [4.69, 9.17) is 4.74 Å². The van der Waals surface area contributed by atoms with Crippen molar-refractivity contribution in [3.05, 3.63) is 65.7 Å². The minimum Gasteiger partial charge on any atom is -0.496 e. The van der Waals surface area contributed by atoms with Crippen LogP contribution in [0.1, 0.15) is 30.0 Å². The number of amides is 1. The van der Waals surface area contributed by atoms with Gasteiger partial charge in [0.15, 0.2) is 0 Å². The molecule has 2 aromatic carbocycles. The Balaban J connectivity index is 0.00000240. The highest BCUT2D eigenvalue weighted by atomic mass is 35.5. The summed E-state index contributed by atoms with van der Waals surface area (Å²) in [5.41, 5.74) is 2.61. The molecule has 1 saturated heterocycles. The van der Waals surface area contributed by atoms with Crippen LogP contribution in [0.15, 0.2) is 54.6 Å². The predicted molar refractivity (Wildman–Crippen MR) is 118 cm³/mol. The number of rotatable bonds is 7. The number of methoxy groups -OCH3 is 1. The molecule has 1 unspecified atom stereocenters. The third-order valence-electron chi connectivity index (χ3n) is 6.06. The van der Waals surface area contributed by atoms with Gasteiger partial charge in [-0.05, 0) is 24.5 Å². The first-order chi connectivity index (χ1) is 13.7. The molecule has 6 heteroatoms. The zero-order valence-electron chi connectivity index (χ0n) is 16.9. The van der Waals surface area contributed by atoms with Gasteiger partial charge in [-0.15, -0.1) is 12.4 Å². The Bertz CT molecular complexity index is 811. The van der Waals surface area contributed by atoms with Crippen LogP contribution in [0, 0.1) is 0 Å². The van der Waals surface area contributed by atoms with E-state index >= 15 is 0 Å². The van der Waals surface area contributed by atoms with E-state index in [1.54, 1.807) is 7.11 Å². The molecule has 0 spiro atoms. The zero-order chi connectivity index (χ0) is 19.4. The van der Waals surface area contributed by atoms with Crippen molar-refractivity contribution in [2.45, 2.75) is 24.3 Å². The van der Waals surface area contributed by atoms with Crippen LogP contribution < -0.4 is 15.4 Å². The van der Waals surface area contributed by atoms with Crippen LogP contribution in [0.25, 0.3) is 0 Å². The molecule has 1 aliphatic heterocycles. The Morgan fingerprint density at radius 3 is 2.62 bits per heavy atom. The Labute approximate surface area is 179 Å². The van der Waals surface area contributed by atoms with E-state index in [9.17, 15) is 4.79 Å². The molecule has 0 radical (unpaired) electrons. The lowest BCUT2D eigenvalue weighted by molar-refractivity contribution is -0.123. The number of ether oxygens (including phenoxy) is 1. The van der Waals surface area contributed by atoms with E-state index < -0.39 is 0 Å². The van der Waals surface area contributed by atoms with Gasteiger partial charge in [0.05, 0.1) is 19.7 Å². The molecule has 1 saturated carbocycles. The van der Waals surface area contributed by atoms with Crippen LogP contribution in [-0.4, -0.2) is 50.6 Å². The van der Waals surface area contributed by atoms with Crippen molar-refractivity contribution in [2.75, 3.05) is 39.8 Å². The molecule has 5 nitrogen and oxygen atoms in total. The highest BCUT2D eigenvalue weighted by Gasteiger charge is 2.44. The van der Waals surface area contributed by atoms with Crippen molar-refractivity contribution in [1.29, 1.82) is 0 Å². The Morgan fingerprint density at radius 1 is 1.17 bits per heavy atom. The summed E-state index contributed by atoms with van der Waals surface area (Å²) in [5.74, 6) is 0.978. The van der Waals surface area contributed by atoms with Gasteiger partial charge >= 0.3 is 0 Å². The number of halogens is 1. The number of carbonyl (C=O) groups excluding carboxylic acids is 1. The van der Waals surface area contributed by atoms with Gasteiger partial charge in [-0.1, -0.05) is 48.5 Å². The molecular formula is C23H30ClN3O2. The van der Waals surface area contributed by atoms with Crippen molar-refractivity contribution in [1.82, 2.24) is 15.5 Å². The lowest BCUT2D eigenvalue weighted by atomic mass is 9.96. The summed E-state index contributed by atoms with van der Waals surface area (Å²) in [7, 11) is 1.70. The van der Waals surface area contributed by atoms with Crippen LogP contribution in [0.5, 0.6) is 5.75 Å². The van der Waals surface area contributed by atoms with Gasteiger partial charge in [0.1, 0.15) is 5.75 Å². The number of nitrogens with zero attached hydrogens (tertiary/aromatic N) is 1. The summed E-state index contributed by atoms with van der Waals surface area (Å²) in [6.45, 7) is 3.70. The third-order valence-corrected chi connectivity index (χ3v) is 6.06. The maximum absolute atomic E-state index is 12.7. The average molecular weight is 416 g/mol. The van der Waals surface area contributed by atoms with Gasteiger partial charge in [-0.3, -0.25) is 9.69 Å². The fourth-order valence-corrected chi connectivity index (χ4v) is 4.20. The highest BCUT2D eigenvalue weighted by molar-refractivity contribution is 5.85. The van der Waals surface area contributed by atoms with Gasteiger partial charge in [-0.2, -0.15) is 0 Å². The summed E-state index contributed by atoms with van der Waals surface area (Å²) in [6, 6.07) is 18.8. The second-order valence-corrected chi connectivity index (χ2v) is 7.86. The molecule has 29 heavy (non-hydrogen) atoms. The summed E-state index contributed by atoms with van der Waals surface area (Å²) in [5, 5.41) is 6.65. The maximum atomic E-state index is 12.7. The number of carbonyl (C=O) groups is 1. The number of para-hydroxylation sites is 1. The van der Waals surface area contributed by atoms with Gasteiger partial charge in [0.25, 0.3) is 0 Å². The SMILES string of the molecule is COc1ccccc1C1CNCCN1CC(=O)NCC1(c2ccccc2)CC1.Cl. The molecule has 1 aliphatic carbocycles. The molecule has 2 N–H and O–H groups in total. The average Bonchev–Trinajstić information content (AvgIpc) is 3.55. The zero-order valence-corrected chi connectivity index (χ0v) is 17.7. The maximum Gasteiger partial charge on any atom is 0.234 e. The first-order valence-corrected chi connectivity index (χ1v) is 10.1. The first-order valence-electron chi connectivity index (χ1n) is 10.1. The van der Waals surface area contributed by atoms with Crippen molar-refractivity contribution >= 4 is 18.3 Å². The predicted octanol–water partition coefficient (Wildman–Crippen LogP) is 2.91. The molecule has 1 atom stereocenters. The van der Waals surface area contributed by atoms with Crippen molar-refractivity contribution in [3.63, 3.8) is 0 Å². The molecule has 4 rings (SSSR count). The largest absolute Gasteiger partial charge is 0.496 e. The normalized spacial score (nSPS) is 20.4. The Kier molecular flexibility index (Phi) is 7.17. The van der Waals surface area contributed by atoms with Gasteiger partial charge < -0.3 is 15.4 Å². The smallest absolute Gasteiger partial charge is 0.234 e. The molecule has 2 fully saturated rings. The lowest BCUT2D eigenvalue weighted by Crippen LogP contribution is -2.50. The van der Waals surface area contributed by atoms with Crippen molar-refractivity contribution < 1.29 is 9.53 Å². The standard InChI is InChI=1S/C23H29N3O2.ClH/c1-28-21-10-6-5-9-19(21)20-15-24-13-14-26(20)16-22(27)25-17-23(11-12-23)18-7-3-2-4-8-18;/h2-10,20,24H,11-17H2,1H3,(H,25,27);1H. The van der Waals surface area contributed by atoms with Gasteiger partial charge in [-0.25, -0.2) is 0 Å². The molecule has 156 valence electrons. The fraction of sp³-hybridized carbons (Fsp3) is 0.435. The van der Waals surface area contributed by atoms with E-state index in [0.29, 0.717) is 6.54 Å². The molecular weight excluding hydrogens is 386 g/mol. The monoisotopic (exact) mass is 415 g/mol. The molecule has 0 bridgehead atoms. The number of piperazine rings is 1. The number of nitrogens with one attached hydrogen (secondary N) is 2. The minimum absolute atomic E-state index is 0. The second kappa shape index (κ2) is 9.61. The van der Waals surface area contributed by atoms with Gasteiger partial charge in [0.2, 0.25) is 5.91 Å². The van der Waals surface area contributed by atoms with E-state index in [0.717, 1.165) is 50.3 Å². The Hall–Kier alpha value is -2.08. The number of hydrogen-bond donors (Lipinski definition) is 2. The van der Waals surface area contributed by atoms with Crippen LogP contribution >= 0.6 is 12.4 Å². The number of benzene rings is 2. The van der Waals surface area contributed by atoms with Crippen molar-refractivity contribution in [3.8, 4) is 5.75 Å². The fourth-order valence-electron chi connectivity index (χ4n) is 4.20. The molecule has 2 aliphatic rings. The molecule has 1 amide bonds. The summed E-state index contributed by atoms with van der Waals surface area (Å²) >= 11 is 0. The summed E-state index contributed by atoms with van der Waals surface area (Å²) in [6.07, 6.45) is 2.30. The summed E-state index contributed by atoms with van der Waals surface area (Å²) < 4.78 is 5.55. The van der Waals surface area contributed by atoms with E-state index in [2.05, 4.69) is 45.9 Å². The van der Waals surface area contributed by atoms with E-state index in [1.807, 2.05) is 24.3 Å². The van der Waals surface area contributed by atoms with Crippen LogP contribution in [0.4, 0.5) is 0 Å². The van der Waals surface area contributed by atoms with E-state index in [1.165, 1.54) is 5.56 Å². The van der Waals surface area contributed by atoms with Crippen LogP contribution in [0.2, 0.25) is 0 Å². The summed E-state index contributed by atoms with van der Waals surface area (Å²) in [4.78, 5) is 15.0. The first kappa shape index (κ1) is 21.6. The minimum atomic E-state index is 0. The van der Waals surface area contributed by atoms with Crippen molar-refractivity contribution in [2.24, 2.45) is 0 Å².